The van der Waals surface area contributed by atoms with Gasteiger partial charge in [0.25, 0.3) is 0 Å². The number of hydrogen-bond acceptors (Lipinski definition) is 3. The molecule has 0 unspecified atom stereocenters. The molecule has 4 heteroatoms. The van der Waals surface area contributed by atoms with Gasteiger partial charge in [0.1, 0.15) is 5.75 Å². The molecule has 4 aromatic rings. The lowest BCUT2D eigenvalue weighted by Crippen LogP contribution is -2.00. The maximum atomic E-state index is 9.13. The average molecular weight is 333 g/mol. The lowest BCUT2D eigenvalue weighted by Gasteiger charge is -2.10. The minimum atomic E-state index is 0.628. The Hall–Kier alpha value is -2.04. The van der Waals surface area contributed by atoms with Crippen molar-refractivity contribution in [2.24, 2.45) is 5.92 Å². The Bertz CT molecular complexity index is 1040. The van der Waals surface area contributed by atoms with Gasteiger partial charge in [-0.05, 0) is 40.8 Å². The molecular weight excluding hydrogens is 315 g/mol. The van der Waals surface area contributed by atoms with E-state index in [1.54, 1.807) is 11.3 Å². The van der Waals surface area contributed by atoms with E-state index < -0.39 is 0 Å². The van der Waals surface area contributed by atoms with E-state index in [9.17, 15) is 0 Å². The van der Waals surface area contributed by atoms with Crippen molar-refractivity contribution < 1.29 is 9.68 Å². The summed E-state index contributed by atoms with van der Waals surface area (Å²) in [6.07, 6.45) is 1.07. The molecule has 0 bridgehead atoms. The van der Waals surface area contributed by atoms with Gasteiger partial charge in [-0.2, -0.15) is 0 Å². The molecule has 0 saturated carbocycles. The number of fused-ring (bicyclic) bond motifs is 5. The van der Waals surface area contributed by atoms with Crippen LogP contribution in [-0.4, -0.2) is 12.7 Å². The summed E-state index contributed by atoms with van der Waals surface area (Å²) in [5, 5.41) is 14.0. The Morgan fingerprint density at radius 1 is 1.08 bits per heavy atom. The molecule has 4 rings (SSSR count). The second-order valence-electron chi connectivity index (χ2n) is 6.55. The quantitative estimate of drug-likeness (QED) is 0.513. The number of benzene rings is 3. The predicted octanol–water partition coefficient (Wildman–Crippen LogP) is 5.31. The van der Waals surface area contributed by atoms with Crippen LogP contribution in [0.1, 0.15) is 19.4 Å². The SMILES string of the molecule is CC(C)Cc1ccc2cc(O[B]O)c3sc4ccccc4c3c2c1. The van der Waals surface area contributed by atoms with Crippen LogP contribution in [0.15, 0.2) is 48.5 Å². The highest BCUT2D eigenvalue weighted by atomic mass is 32.1. The first-order valence-electron chi connectivity index (χ1n) is 8.17. The molecule has 1 heterocycles. The van der Waals surface area contributed by atoms with E-state index >= 15 is 0 Å². The van der Waals surface area contributed by atoms with Crippen LogP contribution >= 0.6 is 11.3 Å². The third kappa shape index (κ3) is 2.56. The molecule has 0 amide bonds. The fourth-order valence-corrected chi connectivity index (χ4v) is 4.56. The highest BCUT2D eigenvalue weighted by molar-refractivity contribution is 7.26. The average Bonchev–Trinajstić information content (AvgIpc) is 2.95. The van der Waals surface area contributed by atoms with Crippen molar-refractivity contribution in [3.05, 3.63) is 54.1 Å². The Kier molecular flexibility index (Phi) is 3.95. The molecule has 1 N–H and O–H groups in total. The zero-order valence-electron chi connectivity index (χ0n) is 13.7. The van der Waals surface area contributed by atoms with Crippen molar-refractivity contribution in [2.45, 2.75) is 20.3 Å². The molecule has 3 aromatic carbocycles. The summed E-state index contributed by atoms with van der Waals surface area (Å²) >= 11 is 1.71. The van der Waals surface area contributed by atoms with Gasteiger partial charge < -0.3 is 9.68 Å². The molecule has 0 aliphatic carbocycles. The minimum absolute atomic E-state index is 0.628. The molecule has 1 radical (unpaired) electrons. The van der Waals surface area contributed by atoms with Crippen molar-refractivity contribution in [3.8, 4) is 5.75 Å². The zero-order valence-corrected chi connectivity index (χ0v) is 14.6. The van der Waals surface area contributed by atoms with E-state index in [0.29, 0.717) is 11.7 Å². The molecule has 0 spiro atoms. The van der Waals surface area contributed by atoms with E-state index in [0.717, 1.165) is 24.2 Å². The van der Waals surface area contributed by atoms with Gasteiger partial charge in [-0.3, -0.25) is 0 Å². The maximum Gasteiger partial charge on any atom is 0.569 e. The normalized spacial score (nSPS) is 11.7. The summed E-state index contributed by atoms with van der Waals surface area (Å²) in [4.78, 5) is 0. The molecule has 0 fully saturated rings. The van der Waals surface area contributed by atoms with Gasteiger partial charge in [-0.1, -0.05) is 50.2 Å². The summed E-state index contributed by atoms with van der Waals surface area (Å²) < 4.78 is 7.71. The van der Waals surface area contributed by atoms with Crippen molar-refractivity contribution in [2.75, 3.05) is 0 Å². The van der Waals surface area contributed by atoms with E-state index in [-0.39, 0.29) is 0 Å². The Labute approximate surface area is 146 Å². The summed E-state index contributed by atoms with van der Waals surface area (Å²) in [6.45, 7) is 4.49. The molecule has 0 atom stereocenters. The van der Waals surface area contributed by atoms with Crippen LogP contribution in [0.4, 0.5) is 0 Å². The zero-order chi connectivity index (χ0) is 16.7. The smallest absolute Gasteiger partial charge is 0.536 e. The Balaban J connectivity index is 2.10. The van der Waals surface area contributed by atoms with E-state index in [1.165, 1.54) is 26.4 Å². The molecule has 1 aromatic heterocycles. The first-order valence-corrected chi connectivity index (χ1v) is 8.98. The third-order valence-corrected chi connectivity index (χ3v) is 5.50. The van der Waals surface area contributed by atoms with Crippen LogP contribution in [0.3, 0.4) is 0 Å². The standard InChI is InChI=1S/C20H18BO2S/c1-12(2)9-13-7-8-14-11-17(23-21-22)20-19(16(14)10-13)15-5-3-4-6-18(15)24-20/h3-8,10-12,22H,9H2,1-2H3. The maximum absolute atomic E-state index is 9.13. The first-order chi connectivity index (χ1) is 11.7. The van der Waals surface area contributed by atoms with E-state index in [2.05, 4.69) is 56.3 Å². The van der Waals surface area contributed by atoms with Crippen molar-refractivity contribution in [3.63, 3.8) is 0 Å². The fraction of sp³-hybridized carbons (Fsp3) is 0.200. The predicted molar refractivity (Wildman–Crippen MR) is 104 cm³/mol. The summed E-state index contributed by atoms with van der Waals surface area (Å²) in [5.41, 5.74) is 1.36. The summed E-state index contributed by atoms with van der Waals surface area (Å²) in [5.74, 6) is 1.33. The minimum Gasteiger partial charge on any atom is -0.536 e. The van der Waals surface area contributed by atoms with Gasteiger partial charge in [0.15, 0.2) is 0 Å². The van der Waals surface area contributed by atoms with Crippen LogP contribution in [0.2, 0.25) is 0 Å². The molecule has 0 saturated heterocycles. The van der Waals surface area contributed by atoms with Crippen molar-refractivity contribution in [1.29, 1.82) is 0 Å². The molecule has 119 valence electrons. The Morgan fingerprint density at radius 2 is 1.92 bits per heavy atom. The van der Waals surface area contributed by atoms with Crippen LogP contribution in [0, 0.1) is 5.92 Å². The van der Waals surface area contributed by atoms with Crippen molar-refractivity contribution in [1.82, 2.24) is 0 Å². The van der Waals surface area contributed by atoms with E-state index in [1.807, 2.05) is 6.07 Å². The highest BCUT2D eigenvalue weighted by Crippen LogP contribution is 2.43. The van der Waals surface area contributed by atoms with Crippen LogP contribution in [0.25, 0.3) is 30.9 Å². The molecular formula is C20H18BO2S. The van der Waals surface area contributed by atoms with Gasteiger partial charge >= 0.3 is 7.69 Å². The third-order valence-electron chi connectivity index (χ3n) is 4.32. The van der Waals surface area contributed by atoms with Gasteiger partial charge in [0.2, 0.25) is 0 Å². The number of hydrogen-bond donors (Lipinski definition) is 1. The van der Waals surface area contributed by atoms with Gasteiger partial charge in [-0.15, -0.1) is 11.3 Å². The number of thiophene rings is 1. The Morgan fingerprint density at radius 3 is 2.71 bits per heavy atom. The largest absolute Gasteiger partial charge is 0.569 e. The van der Waals surface area contributed by atoms with Crippen LogP contribution in [-0.2, 0) is 6.42 Å². The topological polar surface area (TPSA) is 29.5 Å². The highest BCUT2D eigenvalue weighted by Gasteiger charge is 2.14. The fourth-order valence-electron chi connectivity index (χ4n) is 3.38. The first kappa shape index (κ1) is 15.5. The summed E-state index contributed by atoms with van der Waals surface area (Å²) in [6, 6.07) is 17.1. The lowest BCUT2D eigenvalue weighted by molar-refractivity contribution is 0.457. The van der Waals surface area contributed by atoms with Crippen LogP contribution in [0.5, 0.6) is 5.75 Å². The summed E-state index contributed by atoms with van der Waals surface area (Å²) in [7, 11) is 0.762. The number of rotatable bonds is 4. The monoisotopic (exact) mass is 333 g/mol. The van der Waals surface area contributed by atoms with Crippen molar-refractivity contribution >= 4 is 50.0 Å². The van der Waals surface area contributed by atoms with Gasteiger partial charge in [0, 0.05) is 15.5 Å². The van der Waals surface area contributed by atoms with Crippen LogP contribution < -0.4 is 4.65 Å². The van der Waals surface area contributed by atoms with Gasteiger partial charge in [0.05, 0.1) is 4.70 Å². The van der Waals surface area contributed by atoms with Gasteiger partial charge in [-0.25, -0.2) is 0 Å². The lowest BCUT2D eigenvalue weighted by atomic mass is 9.97. The molecule has 0 aliphatic heterocycles. The van der Waals surface area contributed by atoms with E-state index in [4.69, 9.17) is 9.68 Å². The molecule has 24 heavy (non-hydrogen) atoms. The second kappa shape index (κ2) is 6.12. The molecule has 0 aliphatic rings. The second-order valence-corrected chi connectivity index (χ2v) is 7.61. The molecule has 2 nitrogen and oxygen atoms in total.